The molecule has 0 spiro atoms. The van der Waals surface area contributed by atoms with Crippen LogP contribution in [0.4, 0.5) is 0 Å². The number of fused-ring (bicyclic) bond motifs is 1. The van der Waals surface area contributed by atoms with Gasteiger partial charge in [0.1, 0.15) is 5.82 Å². The molecule has 2 aliphatic heterocycles. The van der Waals surface area contributed by atoms with Crippen molar-refractivity contribution in [1.82, 2.24) is 19.2 Å². The maximum Gasteiger partial charge on any atom is 0.260 e. The first-order valence-corrected chi connectivity index (χ1v) is 9.91. The van der Waals surface area contributed by atoms with Gasteiger partial charge in [-0.05, 0) is 24.1 Å². The van der Waals surface area contributed by atoms with Gasteiger partial charge < -0.3 is 9.88 Å². The van der Waals surface area contributed by atoms with E-state index in [9.17, 15) is 8.42 Å². The highest BCUT2D eigenvalue weighted by atomic mass is 35.5. The van der Waals surface area contributed by atoms with E-state index in [0.29, 0.717) is 29.7 Å². The van der Waals surface area contributed by atoms with E-state index in [-0.39, 0.29) is 18.4 Å². The number of hydrogen-bond donors (Lipinski definition) is 1. The summed E-state index contributed by atoms with van der Waals surface area (Å²) >= 11 is 6.10. The van der Waals surface area contributed by atoms with Crippen molar-refractivity contribution in [2.45, 2.75) is 30.5 Å². The second-order valence-corrected chi connectivity index (χ2v) is 8.43. The highest BCUT2D eigenvalue weighted by Crippen LogP contribution is 2.31. The van der Waals surface area contributed by atoms with E-state index in [1.54, 1.807) is 10.4 Å². The summed E-state index contributed by atoms with van der Waals surface area (Å²) in [5.41, 5.74) is 0.902. The predicted octanol–water partition coefficient (Wildman–Crippen LogP) is 2.24. The highest BCUT2D eigenvalue weighted by Gasteiger charge is 2.37. The van der Waals surface area contributed by atoms with E-state index in [0.717, 1.165) is 30.8 Å². The van der Waals surface area contributed by atoms with Crippen LogP contribution < -0.4 is 5.32 Å². The van der Waals surface area contributed by atoms with Gasteiger partial charge >= 0.3 is 0 Å². The Morgan fingerprint density at radius 3 is 2.92 bits per heavy atom. The molecule has 0 amide bonds. The number of nitrogens with one attached hydrogen (secondary N) is 1. The standard InChI is InChI=1S/C16H19ClN4O2S.ClH/c17-13-4-1-3-12(9-13)14-10-18-6-8-21(14)24(22,23)16-11-19-15-5-2-7-20(15)16;/h1,3-4,9,11,14,18H,2,5-8,10H2;1H. The van der Waals surface area contributed by atoms with Crippen LogP contribution in [0.1, 0.15) is 23.9 Å². The number of rotatable bonds is 3. The number of benzene rings is 1. The molecular weight excluding hydrogens is 383 g/mol. The first-order chi connectivity index (χ1) is 11.6. The molecule has 1 unspecified atom stereocenters. The molecular formula is C16H20Cl2N4O2S. The van der Waals surface area contributed by atoms with Gasteiger partial charge in [-0.1, -0.05) is 23.7 Å². The Morgan fingerprint density at radius 1 is 1.28 bits per heavy atom. The van der Waals surface area contributed by atoms with Crippen LogP contribution in [0.15, 0.2) is 35.5 Å². The lowest BCUT2D eigenvalue weighted by Gasteiger charge is -2.35. The minimum atomic E-state index is -3.60. The SMILES string of the molecule is Cl.O=S(=O)(c1cnc2n1CCC2)N1CCNCC1c1cccc(Cl)c1. The lowest BCUT2D eigenvalue weighted by molar-refractivity contribution is 0.270. The summed E-state index contributed by atoms with van der Waals surface area (Å²) in [5.74, 6) is 0.864. The Balaban J connectivity index is 0.00000182. The molecule has 1 fully saturated rings. The molecule has 3 heterocycles. The zero-order valence-electron chi connectivity index (χ0n) is 13.6. The molecule has 0 radical (unpaired) electrons. The van der Waals surface area contributed by atoms with E-state index in [1.807, 2.05) is 22.8 Å². The largest absolute Gasteiger partial charge is 0.318 e. The number of halogens is 2. The summed E-state index contributed by atoms with van der Waals surface area (Å²) in [4.78, 5) is 4.29. The molecule has 2 aliphatic rings. The molecule has 1 atom stereocenters. The van der Waals surface area contributed by atoms with E-state index in [4.69, 9.17) is 11.6 Å². The van der Waals surface area contributed by atoms with Gasteiger partial charge in [0, 0.05) is 37.6 Å². The van der Waals surface area contributed by atoms with Crippen LogP contribution in [0.5, 0.6) is 0 Å². The van der Waals surface area contributed by atoms with Crippen molar-refractivity contribution in [3.63, 3.8) is 0 Å². The molecule has 1 saturated heterocycles. The molecule has 25 heavy (non-hydrogen) atoms. The van der Waals surface area contributed by atoms with Crippen molar-refractivity contribution in [2.75, 3.05) is 19.6 Å². The van der Waals surface area contributed by atoms with Crippen molar-refractivity contribution in [3.05, 3.63) is 46.9 Å². The van der Waals surface area contributed by atoms with Gasteiger partial charge in [0.25, 0.3) is 10.0 Å². The summed E-state index contributed by atoms with van der Waals surface area (Å²) in [6.07, 6.45) is 3.29. The number of sulfonamides is 1. The molecule has 0 saturated carbocycles. The third kappa shape index (κ3) is 3.31. The van der Waals surface area contributed by atoms with Crippen molar-refractivity contribution in [1.29, 1.82) is 0 Å². The minimum absolute atomic E-state index is 0. The maximum atomic E-state index is 13.3. The van der Waals surface area contributed by atoms with E-state index < -0.39 is 10.0 Å². The van der Waals surface area contributed by atoms with Gasteiger partial charge in [-0.25, -0.2) is 13.4 Å². The fourth-order valence-electron chi connectivity index (χ4n) is 3.53. The van der Waals surface area contributed by atoms with Crippen LogP contribution in [0.2, 0.25) is 5.02 Å². The maximum absolute atomic E-state index is 13.3. The second-order valence-electron chi connectivity index (χ2n) is 6.16. The molecule has 1 aromatic carbocycles. The molecule has 6 nitrogen and oxygen atoms in total. The summed E-state index contributed by atoms with van der Waals surface area (Å²) in [6.45, 7) is 2.36. The molecule has 1 aromatic heterocycles. The van der Waals surface area contributed by atoms with Gasteiger partial charge in [0.2, 0.25) is 0 Å². The Morgan fingerprint density at radius 2 is 2.12 bits per heavy atom. The summed E-state index contributed by atoms with van der Waals surface area (Å²) in [7, 11) is -3.60. The lowest BCUT2D eigenvalue weighted by Crippen LogP contribution is -2.48. The number of aryl methyl sites for hydroxylation is 1. The van der Waals surface area contributed by atoms with E-state index in [2.05, 4.69) is 10.3 Å². The predicted molar refractivity (Wildman–Crippen MR) is 98.8 cm³/mol. The Labute approximate surface area is 158 Å². The normalized spacial score (nSPS) is 20.9. The number of imidazole rings is 1. The number of hydrogen-bond acceptors (Lipinski definition) is 4. The van der Waals surface area contributed by atoms with Crippen LogP contribution in [-0.4, -0.2) is 41.9 Å². The quantitative estimate of drug-likeness (QED) is 0.854. The van der Waals surface area contributed by atoms with Crippen LogP contribution >= 0.6 is 24.0 Å². The molecule has 4 rings (SSSR count). The van der Waals surface area contributed by atoms with Gasteiger partial charge in [0.05, 0.1) is 12.2 Å². The molecule has 1 N–H and O–H groups in total. The van der Waals surface area contributed by atoms with Crippen molar-refractivity contribution >= 4 is 34.0 Å². The van der Waals surface area contributed by atoms with Crippen LogP contribution in [-0.2, 0) is 23.0 Å². The third-order valence-electron chi connectivity index (χ3n) is 4.68. The average molecular weight is 403 g/mol. The van der Waals surface area contributed by atoms with Gasteiger partial charge in [0.15, 0.2) is 5.03 Å². The number of nitrogens with zero attached hydrogens (tertiary/aromatic N) is 3. The highest BCUT2D eigenvalue weighted by molar-refractivity contribution is 7.89. The minimum Gasteiger partial charge on any atom is -0.318 e. The monoisotopic (exact) mass is 402 g/mol. The van der Waals surface area contributed by atoms with E-state index in [1.165, 1.54) is 6.20 Å². The smallest absolute Gasteiger partial charge is 0.260 e. The molecule has 9 heteroatoms. The fourth-order valence-corrected chi connectivity index (χ4v) is 5.49. The third-order valence-corrected chi connectivity index (χ3v) is 6.83. The Hall–Kier alpha value is -1.12. The number of aromatic nitrogens is 2. The molecule has 0 bridgehead atoms. The van der Waals surface area contributed by atoms with Crippen molar-refractivity contribution in [2.24, 2.45) is 0 Å². The van der Waals surface area contributed by atoms with Crippen molar-refractivity contribution in [3.8, 4) is 0 Å². The lowest BCUT2D eigenvalue weighted by atomic mass is 10.1. The zero-order chi connectivity index (χ0) is 16.7. The van der Waals surface area contributed by atoms with E-state index >= 15 is 0 Å². The van der Waals surface area contributed by atoms with Crippen LogP contribution in [0.25, 0.3) is 0 Å². The molecule has 2 aromatic rings. The number of piperazine rings is 1. The Kier molecular flexibility index (Phi) is 5.41. The molecule has 136 valence electrons. The average Bonchev–Trinajstić information content (AvgIpc) is 3.18. The van der Waals surface area contributed by atoms with Gasteiger partial charge in [-0.15, -0.1) is 12.4 Å². The zero-order valence-corrected chi connectivity index (χ0v) is 15.9. The van der Waals surface area contributed by atoms with Gasteiger partial charge in [-0.2, -0.15) is 4.31 Å². The fraction of sp³-hybridized carbons (Fsp3) is 0.438. The first-order valence-electron chi connectivity index (χ1n) is 8.10. The topological polar surface area (TPSA) is 67.2 Å². The summed E-state index contributed by atoms with van der Waals surface area (Å²) < 4.78 is 30.0. The summed E-state index contributed by atoms with van der Waals surface area (Å²) in [5, 5.41) is 4.20. The van der Waals surface area contributed by atoms with Gasteiger partial charge in [-0.3, -0.25) is 0 Å². The summed E-state index contributed by atoms with van der Waals surface area (Å²) in [6, 6.07) is 7.14. The first kappa shape index (κ1) is 18.7. The molecule has 0 aliphatic carbocycles. The van der Waals surface area contributed by atoms with Crippen LogP contribution in [0.3, 0.4) is 0 Å². The van der Waals surface area contributed by atoms with Crippen molar-refractivity contribution < 1.29 is 8.42 Å². The Bertz CT molecular complexity index is 869. The van der Waals surface area contributed by atoms with Crippen LogP contribution in [0, 0.1) is 0 Å². The second kappa shape index (κ2) is 7.25.